The van der Waals surface area contributed by atoms with Crippen LogP contribution in [0.1, 0.15) is 18.9 Å². The van der Waals surface area contributed by atoms with Gasteiger partial charge in [0.05, 0.1) is 0 Å². The van der Waals surface area contributed by atoms with Crippen molar-refractivity contribution in [2.75, 3.05) is 0 Å². The summed E-state index contributed by atoms with van der Waals surface area (Å²) in [6.45, 7) is 10.2. The van der Waals surface area contributed by atoms with E-state index in [1.54, 1.807) is 0 Å². The third kappa shape index (κ3) is 3.72. The van der Waals surface area contributed by atoms with Crippen LogP contribution >= 0.6 is 0 Å². The predicted molar refractivity (Wildman–Crippen MR) is 46.6 cm³/mol. The highest BCUT2D eigenvalue weighted by Gasteiger charge is 1.95. The van der Waals surface area contributed by atoms with Gasteiger partial charge in [-0.05, 0) is 13.0 Å². The van der Waals surface area contributed by atoms with E-state index in [1.165, 1.54) is 12.0 Å². The Morgan fingerprint density at radius 2 is 2.17 bits per heavy atom. The van der Waals surface area contributed by atoms with Crippen LogP contribution in [0.5, 0.6) is 0 Å². The Kier molecular flexibility index (Phi) is 5.64. The molecule has 0 spiro atoms. The summed E-state index contributed by atoms with van der Waals surface area (Å²) >= 11 is 0. The summed E-state index contributed by atoms with van der Waals surface area (Å²) in [6, 6.07) is 4.21. The van der Waals surface area contributed by atoms with Crippen LogP contribution in [0.25, 0.3) is 0 Å². The number of pyridine rings is 1. The Morgan fingerprint density at radius 1 is 1.50 bits per heavy atom. The van der Waals surface area contributed by atoms with Crippen molar-refractivity contribution in [1.82, 2.24) is 0 Å². The molecule has 0 atom stereocenters. The van der Waals surface area contributed by atoms with Gasteiger partial charge in [-0.2, -0.15) is 0 Å². The summed E-state index contributed by atoms with van der Waals surface area (Å²) in [6.07, 6.45) is 5.48. The van der Waals surface area contributed by atoms with Gasteiger partial charge in [0.2, 0.25) is 0 Å². The van der Waals surface area contributed by atoms with Crippen LogP contribution < -0.4 is 4.57 Å². The molecule has 2 nitrogen and oxygen atoms in total. The highest BCUT2D eigenvalue weighted by Crippen LogP contribution is 1.89. The summed E-state index contributed by atoms with van der Waals surface area (Å²) in [5.41, 5.74) is 1.33. The first-order chi connectivity index (χ1) is 5.83. The first-order valence-electron chi connectivity index (χ1n) is 4.01. The second-order valence-electron chi connectivity index (χ2n) is 2.62. The molecule has 0 aliphatic carbocycles. The minimum atomic E-state index is 1.13. The van der Waals surface area contributed by atoms with Gasteiger partial charge >= 0.3 is 0 Å². The Labute approximate surface area is 74.1 Å². The lowest BCUT2D eigenvalue weighted by atomic mass is 10.3. The monoisotopic (exact) mass is 162 g/mol. The first kappa shape index (κ1) is 10.6. The molecule has 0 saturated carbocycles. The highest BCUT2D eigenvalue weighted by molar-refractivity contribution is 5.01. The Hall–Kier alpha value is -1.36. The van der Waals surface area contributed by atoms with Crippen molar-refractivity contribution in [3.63, 3.8) is 0 Å². The van der Waals surface area contributed by atoms with Gasteiger partial charge in [-0.15, -0.1) is 0 Å². The number of hydrogen-bond donors (Lipinski definition) is 0. The molecule has 0 N–H and O–H groups in total. The molecular formula is C10H14N2. The van der Waals surface area contributed by atoms with E-state index in [4.69, 9.17) is 11.8 Å². The molecule has 0 aliphatic heterocycles. The average Bonchev–Trinajstić information content (AvgIpc) is 2.09. The fourth-order valence-corrected chi connectivity index (χ4v) is 1.05. The molecule has 2 heteroatoms. The zero-order chi connectivity index (χ0) is 9.40. The van der Waals surface area contributed by atoms with Crippen molar-refractivity contribution >= 4 is 0 Å². The van der Waals surface area contributed by atoms with Crippen LogP contribution in [0.15, 0.2) is 24.5 Å². The van der Waals surface area contributed by atoms with Crippen molar-refractivity contribution in [2.45, 2.75) is 26.8 Å². The molecule has 12 heavy (non-hydrogen) atoms. The largest absolute Gasteiger partial charge is 0.512 e. The molecule has 0 saturated heterocycles. The van der Waals surface area contributed by atoms with E-state index in [-0.39, 0.29) is 0 Å². The van der Waals surface area contributed by atoms with Gasteiger partial charge in [0, 0.05) is 18.1 Å². The fourth-order valence-electron chi connectivity index (χ4n) is 1.05. The lowest BCUT2D eigenvalue weighted by Crippen LogP contribution is -2.32. The van der Waals surface area contributed by atoms with Crippen molar-refractivity contribution in [2.24, 2.45) is 0 Å². The summed E-state index contributed by atoms with van der Waals surface area (Å²) < 4.78 is 2.22. The van der Waals surface area contributed by atoms with Gasteiger partial charge < -0.3 is 11.8 Å². The molecule has 0 unspecified atom stereocenters. The van der Waals surface area contributed by atoms with Crippen molar-refractivity contribution < 1.29 is 4.57 Å². The van der Waals surface area contributed by atoms with Crippen LogP contribution in [0, 0.1) is 18.8 Å². The number of aromatic nitrogens is 1. The van der Waals surface area contributed by atoms with Crippen molar-refractivity contribution in [3.05, 3.63) is 36.7 Å². The minimum absolute atomic E-state index is 1.13. The SMILES string of the molecule is CCC[n+]1cccc(C)c1.[C-]#N. The second kappa shape index (κ2) is 6.36. The van der Waals surface area contributed by atoms with E-state index in [9.17, 15) is 0 Å². The van der Waals surface area contributed by atoms with Gasteiger partial charge in [-0.25, -0.2) is 4.57 Å². The molecule has 0 aromatic carbocycles. The maximum absolute atomic E-state index is 6.25. The standard InChI is InChI=1S/C9H14N.CN/c1-3-6-10-7-4-5-9(2)8-10;1-2/h4-5,7-8H,3,6H2,1-2H3;/q+1;-1. The quantitative estimate of drug-likeness (QED) is 0.481. The number of rotatable bonds is 2. The Morgan fingerprint density at radius 3 is 2.67 bits per heavy atom. The van der Waals surface area contributed by atoms with Crippen molar-refractivity contribution in [1.29, 1.82) is 5.26 Å². The Balaban J connectivity index is 0.000000561. The molecule has 0 aliphatic rings. The number of hydrogen-bond acceptors (Lipinski definition) is 1. The molecular weight excluding hydrogens is 148 g/mol. The molecule has 0 fully saturated rings. The molecule has 1 aromatic rings. The lowest BCUT2D eigenvalue weighted by Gasteiger charge is -1.92. The predicted octanol–water partition coefficient (Wildman–Crippen LogP) is 1.79. The zero-order valence-electron chi connectivity index (χ0n) is 7.62. The molecule has 1 heterocycles. The molecule has 64 valence electrons. The summed E-state index contributed by atoms with van der Waals surface area (Å²) in [7, 11) is 0. The normalized spacial score (nSPS) is 8.33. The third-order valence-electron chi connectivity index (χ3n) is 1.49. The maximum atomic E-state index is 6.25. The first-order valence-corrected chi connectivity index (χ1v) is 4.01. The fraction of sp³-hybridized carbons (Fsp3) is 0.400. The molecule has 1 rings (SSSR count). The van der Waals surface area contributed by atoms with Crippen molar-refractivity contribution in [3.8, 4) is 0 Å². The Bertz CT molecular complexity index is 241. The highest BCUT2D eigenvalue weighted by atomic mass is 14.9. The summed E-state index contributed by atoms with van der Waals surface area (Å²) in [5.74, 6) is 0. The summed E-state index contributed by atoms with van der Waals surface area (Å²) in [4.78, 5) is 0. The van der Waals surface area contributed by atoms with Crippen LogP contribution in [-0.2, 0) is 6.54 Å². The van der Waals surface area contributed by atoms with E-state index in [2.05, 4.69) is 42.9 Å². The maximum Gasteiger partial charge on any atom is 0.171 e. The summed E-state index contributed by atoms with van der Waals surface area (Å²) in [5, 5.41) is 6.25. The van der Waals surface area contributed by atoms with Gasteiger partial charge in [0.25, 0.3) is 0 Å². The van der Waals surface area contributed by atoms with Crippen LogP contribution in [0.4, 0.5) is 0 Å². The van der Waals surface area contributed by atoms with E-state index in [0.29, 0.717) is 0 Å². The van der Waals surface area contributed by atoms with E-state index < -0.39 is 0 Å². The molecule has 1 aromatic heterocycles. The minimum Gasteiger partial charge on any atom is -0.512 e. The number of aryl methyl sites for hydroxylation is 2. The topological polar surface area (TPSA) is 27.7 Å². The lowest BCUT2D eigenvalue weighted by molar-refractivity contribution is -0.697. The van der Waals surface area contributed by atoms with Gasteiger partial charge in [-0.3, -0.25) is 0 Å². The smallest absolute Gasteiger partial charge is 0.171 e. The molecule has 0 amide bonds. The molecule has 0 bridgehead atoms. The number of nitrogens with zero attached hydrogens (tertiary/aromatic N) is 2. The van der Waals surface area contributed by atoms with Gasteiger partial charge in [-0.1, -0.05) is 6.92 Å². The van der Waals surface area contributed by atoms with Gasteiger partial charge in [0.15, 0.2) is 12.4 Å². The second-order valence-corrected chi connectivity index (χ2v) is 2.62. The van der Waals surface area contributed by atoms with Crippen LogP contribution in [-0.4, -0.2) is 0 Å². The third-order valence-corrected chi connectivity index (χ3v) is 1.49. The molecule has 0 radical (unpaired) electrons. The van der Waals surface area contributed by atoms with E-state index >= 15 is 0 Å². The van der Waals surface area contributed by atoms with E-state index in [1.807, 2.05) is 0 Å². The van der Waals surface area contributed by atoms with Gasteiger partial charge in [0.1, 0.15) is 6.54 Å². The zero-order valence-corrected chi connectivity index (χ0v) is 7.62. The van der Waals surface area contributed by atoms with Crippen LogP contribution in [0.3, 0.4) is 0 Å². The average molecular weight is 162 g/mol. The van der Waals surface area contributed by atoms with E-state index in [0.717, 1.165) is 6.54 Å². The van der Waals surface area contributed by atoms with Crippen LogP contribution in [0.2, 0.25) is 0 Å².